The number of nitrogens with zero attached hydrogens (tertiary/aromatic N) is 2. The van der Waals surface area contributed by atoms with Crippen LogP contribution in [0, 0.1) is 6.92 Å². The molecule has 4 nitrogen and oxygen atoms in total. The van der Waals surface area contributed by atoms with E-state index in [2.05, 4.69) is 46.6 Å². The largest absolute Gasteiger partial charge is 0.339 e. The standard InChI is InChI=1S/C15H19N3OS2/c1-11-3-2-4-13(7-11)21-10-14-17-15(19-18-14)8-12-9-20-6-5-16-12/h2-4,7,12,16H,5-6,8-10H2,1H3. The van der Waals surface area contributed by atoms with Gasteiger partial charge in [-0.25, -0.2) is 0 Å². The summed E-state index contributed by atoms with van der Waals surface area (Å²) in [5.41, 5.74) is 1.27. The Labute approximate surface area is 133 Å². The first-order chi connectivity index (χ1) is 10.3. The third-order valence-electron chi connectivity index (χ3n) is 3.29. The molecule has 2 heterocycles. The molecule has 21 heavy (non-hydrogen) atoms. The summed E-state index contributed by atoms with van der Waals surface area (Å²) in [6.07, 6.45) is 0.828. The lowest BCUT2D eigenvalue weighted by Crippen LogP contribution is -2.38. The Hall–Kier alpha value is -0.980. The Morgan fingerprint density at radius 1 is 1.48 bits per heavy atom. The van der Waals surface area contributed by atoms with Crippen LogP contribution in [0.25, 0.3) is 0 Å². The normalized spacial score (nSPS) is 18.8. The van der Waals surface area contributed by atoms with Gasteiger partial charge in [0.05, 0.1) is 5.75 Å². The average molecular weight is 321 g/mol. The smallest absolute Gasteiger partial charge is 0.228 e. The zero-order valence-corrected chi connectivity index (χ0v) is 13.7. The van der Waals surface area contributed by atoms with Crippen LogP contribution in [0.2, 0.25) is 0 Å². The number of rotatable bonds is 5. The van der Waals surface area contributed by atoms with Crippen molar-refractivity contribution in [2.45, 2.75) is 30.0 Å². The highest BCUT2D eigenvalue weighted by molar-refractivity contribution is 7.99. The molecule has 1 aromatic carbocycles. The second-order valence-electron chi connectivity index (χ2n) is 5.14. The second-order valence-corrected chi connectivity index (χ2v) is 7.34. The van der Waals surface area contributed by atoms with Crippen molar-refractivity contribution in [1.82, 2.24) is 15.5 Å². The van der Waals surface area contributed by atoms with Crippen molar-refractivity contribution in [2.75, 3.05) is 18.1 Å². The van der Waals surface area contributed by atoms with E-state index in [1.54, 1.807) is 11.8 Å². The molecule has 0 aliphatic carbocycles. The summed E-state index contributed by atoms with van der Waals surface area (Å²) in [6.45, 7) is 3.17. The molecule has 1 fully saturated rings. The quantitative estimate of drug-likeness (QED) is 0.855. The molecule has 6 heteroatoms. The van der Waals surface area contributed by atoms with E-state index in [1.165, 1.54) is 16.2 Å². The first-order valence-electron chi connectivity index (χ1n) is 7.11. The van der Waals surface area contributed by atoms with Gasteiger partial charge in [-0.05, 0) is 19.1 Å². The maximum Gasteiger partial charge on any atom is 0.228 e. The number of nitrogens with one attached hydrogen (secondary N) is 1. The molecule has 0 radical (unpaired) electrons. The predicted octanol–water partition coefficient (Wildman–Crippen LogP) is 2.92. The maximum atomic E-state index is 5.36. The number of thioether (sulfide) groups is 2. The van der Waals surface area contributed by atoms with Crippen molar-refractivity contribution in [3.05, 3.63) is 41.5 Å². The molecular formula is C15H19N3OS2. The van der Waals surface area contributed by atoms with Crippen LogP contribution in [0.3, 0.4) is 0 Å². The van der Waals surface area contributed by atoms with Gasteiger partial charge in [0.15, 0.2) is 5.82 Å². The van der Waals surface area contributed by atoms with Gasteiger partial charge in [-0.3, -0.25) is 0 Å². The molecule has 0 amide bonds. The topological polar surface area (TPSA) is 51.0 Å². The predicted molar refractivity (Wildman–Crippen MR) is 87.9 cm³/mol. The second kappa shape index (κ2) is 7.33. The Morgan fingerprint density at radius 2 is 2.43 bits per heavy atom. The molecule has 0 spiro atoms. The van der Waals surface area contributed by atoms with Crippen LogP contribution in [0.4, 0.5) is 0 Å². The molecule has 0 bridgehead atoms. The van der Waals surface area contributed by atoms with Crippen molar-refractivity contribution in [2.24, 2.45) is 0 Å². The molecule has 0 saturated carbocycles. The molecule has 1 atom stereocenters. The van der Waals surface area contributed by atoms with Gasteiger partial charge in [0, 0.05) is 35.4 Å². The molecule has 1 saturated heterocycles. The first-order valence-corrected chi connectivity index (χ1v) is 9.26. The lowest BCUT2D eigenvalue weighted by atomic mass is 10.2. The summed E-state index contributed by atoms with van der Waals surface area (Å²) in [5, 5.41) is 7.56. The number of benzene rings is 1. The number of aryl methyl sites for hydroxylation is 1. The third kappa shape index (κ3) is 4.49. The van der Waals surface area contributed by atoms with Gasteiger partial charge >= 0.3 is 0 Å². The zero-order chi connectivity index (χ0) is 14.5. The van der Waals surface area contributed by atoms with E-state index in [-0.39, 0.29) is 0 Å². The van der Waals surface area contributed by atoms with Crippen LogP contribution < -0.4 is 5.32 Å². The fourth-order valence-electron chi connectivity index (χ4n) is 2.25. The highest BCUT2D eigenvalue weighted by atomic mass is 32.2. The summed E-state index contributed by atoms with van der Waals surface area (Å²) in [7, 11) is 0. The zero-order valence-electron chi connectivity index (χ0n) is 12.0. The number of hydrogen-bond donors (Lipinski definition) is 1. The van der Waals surface area contributed by atoms with Crippen LogP contribution >= 0.6 is 23.5 Å². The Balaban J connectivity index is 1.52. The van der Waals surface area contributed by atoms with Crippen molar-refractivity contribution < 1.29 is 4.52 Å². The van der Waals surface area contributed by atoms with Gasteiger partial charge in [0.2, 0.25) is 5.89 Å². The third-order valence-corrected chi connectivity index (χ3v) is 5.41. The number of hydrogen-bond acceptors (Lipinski definition) is 6. The van der Waals surface area contributed by atoms with Crippen LogP contribution in [0.15, 0.2) is 33.7 Å². The molecule has 1 unspecified atom stereocenters. The van der Waals surface area contributed by atoms with E-state index in [0.717, 1.165) is 36.2 Å². The molecule has 1 aliphatic heterocycles. The summed E-state index contributed by atoms with van der Waals surface area (Å²) in [6, 6.07) is 8.93. The molecule has 112 valence electrons. The summed E-state index contributed by atoms with van der Waals surface area (Å²) >= 11 is 3.72. The van der Waals surface area contributed by atoms with Crippen LogP contribution in [0.1, 0.15) is 17.3 Å². The Kier molecular flexibility index (Phi) is 5.22. The van der Waals surface area contributed by atoms with Crippen molar-refractivity contribution in [3.63, 3.8) is 0 Å². The van der Waals surface area contributed by atoms with Gasteiger partial charge < -0.3 is 9.84 Å². The van der Waals surface area contributed by atoms with E-state index in [0.29, 0.717) is 6.04 Å². The lowest BCUT2D eigenvalue weighted by Gasteiger charge is -2.21. The molecule has 1 aliphatic rings. The highest BCUT2D eigenvalue weighted by Gasteiger charge is 2.17. The van der Waals surface area contributed by atoms with Crippen molar-refractivity contribution in [1.29, 1.82) is 0 Å². The van der Waals surface area contributed by atoms with Gasteiger partial charge in [0.1, 0.15) is 0 Å². The number of aromatic nitrogens is 2. The van der Waals surface area contributed by atoms with E-state index < -0.39 is 0 Å². The average Bonchev–Trinajstić information content (AvgIpc) is 2.94. The molecular weight excluding hydrogens is 302 g/mol. The van der Waals surface area contributed by atoms with Gasteiger partial charge in [0.25, 0.3) is 0 Å². The molecule has 1 aromatic heterocycles. The monoisotopic (exact) mass is 321 g/mol. The van der Waals surface area contributed by atoms with Gasteiger partial charge in [-0.1, -0.05) is 22.9 Å². The summed E-state index contributed by atoms with van der Waals surface area (Å²) in [4.78, 5) is 5.74. The first kappa shape index (κ1) is 14.9. The minimum Gasteiger partial charge on any atom is -0.339 e. The van der Waals surface area contributed by atoms with Crippen molar-refractivity contribution >= 4 is 23.5 Å². The lowest BCUT2D eigenvalue weighted by molar-refractivity contribution is 0.359. The minimum absolute atomic E-state index is 0.460. The van der Waals surface area contributed by atoms with Crippen LogP contribution in [-0.2, 0) is 12.2 Å². The van der Waals surface area contributed by atoms with Gasteiger partial charge in [-0.2, -0.15) is 16.7 Å². The van der Waals surface area contributed by atoms with E-state index in [9.17, 15) is 0 Å². The SMILES string of the molecule is Cc1cccc(SCc2noc(CC3CSCCN3)n2)c1. The fourth-order valence-corrected chi connectivity index (χ4v) is 4.05. The minimum atomic E-state index is 0.460. The summed E-state index contributed by atoms with van der Waals surface area (Å²) in [5.74, 6) is 4.59. The Morgan fingerprint density at radius 3 is 3.24 bits per heavy atom. The highest BCUT2D eigenvalue weighted by Crippen LogP contribution is 2.22. The summed E-state index contributed by atoms with van der Waals surface area (Å²) < 4.78 is 5.36. The van der Waals surface area contributed by atoms with E-state index in [4.69, 9.17) is 4.52 Å². The van der Waals surface area contributed by atoms with Crippen LogP contribution in [-0.4, -0.2) is 34.2 Å². The van der Waals surface area contributed by atoms with E-state index in [1.807, 2.05) is 11.8 Å². The van der Waals surface area contributed by atoms with Gasteiger partial charge in [-0.15, -0.1) is 11.8 Å². The Bertz CT molecular complexity index is 582. The molecule has 1 N–H and O–H groups in total. The van der Waals surface area contributed by atoms with Crippen LogP contribution in [0.5, 0.6) is 0 Å². The maximum absolute atomic E-state index is 5.36. The fraction of sp³-hybridized carbons (Fsp3) is 0.467. The van der Waals surface area contributed by atoms with Crippen molar-refractivity contribution in [3.8, 4) is 0 Å². The molecule has 3 rings (SSSR count). The van der Waals surface area contributed by atoms with E-state index >= 15 is 0 Å². The molecule has 2 aromatic rings.